The Morgan fingerprint density at radius 3 is 2.57 bits per heavy atom. The molecule has 1 aromatic rings. The normalized spacial score (nSPS) is 9.14. The maximum absolute atomic E-state index is 8.47. The van der Waals surface area contributed by atoms with Gasteiger partial charge in [0.05, 0.1) is 6.26 Å². The summed E-state index contributed by atoms with van der Waals surface area (Å²) in [5.41, 5.74) is 5.37. The molecular formula is C4H5NO2. The van der Waals surface area contributed by atoms with Gasteiger partial charge in [0.25, 0.3) is 0 Å². The van der Waals surface area contributed by atoms with Crippen LogP contribution in [0.25, 0.3) is 0 Å². The number of anilines is 1. The fraction of sp³-hybridized carbons (Fsp3) is 0. The Labute approximate surface area is 40.4 Å². The molecular weight excluding hydrogens is 94.0 g/mol. The highest BCUT2D eigenvalue weighted by molar-refractivity contribution is 5.44. The van der Waals surface area contributed by atoms with Crippen molar-refractivity contribution in [3.8, 4) is 5.95 Å². The lowest BCUT2D eigenvalue weighted by molar-refractivity contribution is 0.335. The summed E-state index contributed by atoms with van der Waals surface area (Å²) in [5.74, 6) is -0.208. The van der Waals surface area contributed by atoms with Crippen LogP contribution in [-0.4, -0.2) is 5.11 Å². The first kappa shape index (κ1) is 4.05. The van der Waals surface area contributed by atoms with E-state index in [1.165, 1.54) is 12.3 Å². The molecule has 1 rings (SSSR count). The van der Waals surface area contributed by atoms with Crippen molar-refractivity contribution in [1.29, 1.82) is 0 Å². The molecule has 0 amide bonds. The molecule has 1 aromatic heterocycles. The van der Waals surface area contributed by atoms with Crippen LogP contribution in [0, 0.1) is 0 Å². The Morgan fingerprint density at radius 2 is 2.43 bits per heavy atom. The standard InChI is InChI=1S/C4H5NO2/c5-3-1-2-7-4(3)6/h1-2,6H,5H2. The predicted molar refractivity (Wildman–Crippen MR) is 24.8 cm³/mol. The van der Waals surface area contributed by atoms with Crippen molar-refractivity contribution in [2.24, 2.45) is 0 Å². The van der Waals surface area contributed by atoms with Gasteiger partial charge in [0.2, 0.25) is 0 Å². The van der Waals surface area contributed by atoms with Crippen LogP contribution in [-0.2, 0) is 0 Å². The Kier molecular flexibility index (Phi) is 0.685. The molecule has 0 aromatic carbocycles. The zero-order valence-corrected chi connectivity index (χ0v) is 3.59. The highest BCUT2D eigenvalue weighted by atomic mass is 16.5. The van der Waals surface area contributed by atoms with Crippen LogP contribution >= 0.6 is 0 Å². The summed E-state index contributed by atoms with van der Waals surface area (Å²) < 4.78 is 4.39. The largest absolute Gasteiger partial charge is 0.479 e. The van der Waals surface area contributed by atoms with Crippen molar-refractivity contribution in [1.82, 2.24) is 0 Å². The molecule has 0 aliphatic heterocycles. The van der Waals surface area contributed by atoms with Crippen LogP contribution in [0.3, 0.4) is 0 Å². The summed E-state index contributed by atoms with van der Waals surface area (Å²) in [7, 11) is 0. The molecule has 38 valence electrons. The number of rotatable bonds is 0. The summed E-state index contributed by atoms with van der Waals surface area (Å²) in [6.45, 7) is 0. The molecule has 3 nitrogen and oxygen atoms in total. The molecule has 0 unspecified atom stereocenters. The molecule has 0 saturated carbocycles. The smallest absolute Gasteiger partial charge is 0.305 e. The van der Waals surface area contributed by atoms with Gasteiger partial charge in [-0.3, -0.25) is 0 Å². The minimum absolute atomic E-state index is 0.208. The van der Waals surface area contributed by atoms with E-state index < -0.39 is 0 Å². The van der Waals surface area contributed by atoms with E-state index in [1.807, 2.05) is 0 Å². The number of hydrogen-bond acceptors (Lipinski definition) is 3. The molecule has 0 atom stereocenters. The fourth-order valence-electron chi connectivity index (χ4n) is 0.311. The topological polar surface area (TPSA) is 59.4 Å². The number of furan rings is 1. The molecule has 0 bridgehead atoms. The Hall–Kier alpha value is -1.12. The van der Waals surface area contributed by atoms with Gasteiger partial charge in [-0.2, -0.15) is 0 Å². The molecule has 7 heavy (non-hydrogen) atoms. The van der Waals surface area contributed by atoms with Crippen LogP contribution in [0.4, 0.5) is 5.69 Å². The lowest BCUT2D eigenvalue weighted by Crippen LogP contribution is -1.77. The van der Waals surface area contributed by atoms with Gasteiger partial charge in [-0.05, 0) is 0 Å². The van der Waals surface area contributed by atoms with Crippen molar-refractivity contribution >= 4 is 5.69 Å². The van der Waals surface area contributed by atoms with E-state index in [2.05, 4.69) is 4.42 Å². The summed E-state index contributed by atoms with van der Waals surface area (Å²) in [6, 6.07) is 1.48. The molecule has 0 aliphatic rings. The van der Waals surface area contributed by atoms with Gasteiger partial charge in [0.1, 0.15) is 5.69 Å². The Bertz CT molecular complexity index is 142. The van der Waals surface area contributed by atoms with Crippen molar-refractivity contribution in [3.05, 3.63) is 12.3 Å². The third kappa shape index (κ3) is 0.513. The summed E-state index contributed by atoms with van der Waals surface area (Å²) in [4.78, 5) is 0. The van der Waals surface area contributed by atoms with Crippen molar-refractivity contribution in [3.63, 3.8) is 0 Å². The van der Waals surface area contributed by atoms with Crippen LogP contribution in [0.1, 0.15) is 0 Å². The monoisotopic (exact) mass is 99.0 g/mol. The first-order valence-electron chi connectivity index (χ1n) is 1.82. The molecule has 1 heterocycles. The highest BCUT2D eigenvalue weighted by Crippen LogP contribution is 2.18. The molecule has 0 aliphatic carbocycles. The van der Waals surface area contributed by atoms with E-state index in [0.29, 0.717) is 0 Å². The average Bonchev–Trinajstić information content (AvgIpc) is 1.91. The van der Waals surface area contributed by atoms with Gasteiger partial charge in [-0.15, -0.1) is 0 Å². The van der Waals surface area contributed by atoms with Crippen molar-refractivity contribution < 1.29 is 9.52 Å². The average molecular weight is 99.1 g/mol. The first-order chi connectivity index (χ1) is 3.30. The molecule has 3 heteroatoms. The molecule has 0 saturated heterocycles. The second-order valence-electron chi connectivity index (χ2n) is 1.18. The zero-order valence-electron chi connectivity index (χ0n) is 3.59. The van der Waals surface area contributed by atoms with E-state index in [4.69, 9.17) is 10.8 Å². The quantitative estimate of drug-likeness (QED) is 0.499. The highest BCUT2D eigenvalue weighted by Gasteiger charge is 1.93. The van der Waals surface area contributed by atoms with Gasteiger partial charge in [0.15, 0.2) is 0 Å². The molecule has 0 radical (unpaired) electrons. The van der Waals surface area contributed by atoms with Gasteiger partial charge >= 0.3 is 5.95 Å². The van der Waals surface area contributed by atoms with Crippen LogP contribution in [0.5, 0.6) is 5.95 Å². The number of nitrogen functional groups attached to an aromatic ring is 1. The van der Waals surface area contributed by atoms with Gasteiger partial charge < -0.3 is 15.3 Å². The van der Waals surface area contributed by atoms with Gasteiger partial charge in [0, 0.05) is 6.07 Å². The van der Waals surface area contributed by atoms with E-state index in [-0.39, 0.29) is 11.6 Å². The second kappa shape index (κ2) is 1.18. The minimum atomic E-state index is -0.208. The van der Waals surface area contributed by atoms with E-state index in [9.17, 15) is 0 Å². The van der Waals surface area contributed by atoms with Gasteiger partial charge in [-0.25, -0.2) is 0 Å². The van der Waals surface area contributed by atoms with E-state index >= 15 is 0 Å². The molecule has 0 spiro atoms. The number of nitrogens with two attached hydrogens (primary N) is 1. The van der Waals surface area contributed by atoms with E-state index in [1.54, 1.807) is 0 Å². The molecule has 3 N–H and O–H groups in total. The Morgan fingerprint density at radius 1 is 1.71 bits per heavy atom. The maximum Gasteiger partial charge on any atom is 0.305 e. The second-order valence-corrected chi connectivity index (χ2v) is 1.18. The van der Waals surface area contributed by atoms with Gasteiger partial charge in [-0.1, -0.05) is 0 Å². The summed E-state index contributed by atoms with van der Waals surface area (Å²) >= 11 is 0. The van der Waals surface area contributed by atoms with Crippen LogP contribution < -0.4 is 5.73 Å². The maximum atomic E-state index is 8.47. The Balaban J connectivity index is 3.12. The third-order valence-corrected chi connectivity index (χ3v) is 0.674. The van der Waals surface area contributed by atoms with E-state index in [0.717, 1.165) is 0 Å². The van der Waals surface area contributed by atoms with Crippen LogP contribution in [0.15, 0.2) is 16.7 Å². The zero-order chi connectivity index (χ0) is 5.28. The fourth-order valence-corrected chi connectivity index (χ4v) is 0.311. The summed E-state index contributed by atoms with van der Waals surface area (Å²) in [5, 5.41) is 8.47. The van der Waals surface area contributed by atoms with Crippen molar-refractivity contribution in [2.75, 3.05) is 5.73 Å². The lowest BCUT2D eigenvalue weighted by Gasteiger charge is -1.79. The van der Waals surface area contributed by atoms with Crippen molar-refractivity contribution in [2.45, 2.75) is 0 Å². The first-order valence-corrected chi connectivity index (χ1v) is 1.82. The number of hydrogen-bond donors (Lipinski definition) is 2. The third-order valence-electron chi connectivity index (χ3n) is 0.674. The predicted octanol–water partition coefficient (Wildman–Crippen LogP) is 0.567. The number of aromatic hydroxyl groups is 1. The van der Waals surface area contributed by atoms with Crippen LogP contribution in [0.2, 0.25) is 0 Å². The summed E-state index contributed by atoms with van der Waals surface area (Å²) in [6.07, 6.45) is 1.32. The molecule has 0 fully saturated rings. The lowest BCUT2D eigenvalue weighted by atomic mass is 10.5. The SMILES string of the molecule is Nc1ccoc1O. The minimum Gasteiger partial charge on any atom is -0.479 e.